The van der Waals surface area contributed by atoms with Gasteiger partial charge >= 0.3 is 27.7 Å². The van der Waals surface area contributed by atoms with Gasteiger partial charge in [-0.3, -0.25) is 14.5 Å². The molecule has 1 atom stereocenters. The van der Waals surface area contributed by atoms with Gasteiger partial charge in [-0.2, -0.15) is 0 Å². The number of hydrogen-bond donors (Lipinski definition) is 0. The second-order valence-electron chi connectivity index (χ2n) is 4.30. The maximum absolute atomic E-state index is 11.9. The predicted octanol–water partition coefficient (Wildman–Crippen LogP) is 0.0712. The molecule has 0 N–H and O–H groups in total. The number of hydrogen-bond acceptors (Lipinski definition) is 5. The van der Waals surface area contributed by atoms with Gasteiger partial charge in [0, 0.05) is 13.1 Å². The number of fused-ring (bicyclic) bond motifs is 1. The Morgan fingerprint density at radius 2 is 1.62 bits per heavy atom. The molecule has 1 aliphatic rings. The van der Waals surface area contributed by atoms with Crippen LogP contribution in [0.3, 0.4) is 0 Å². The smallest absolute Gasteiger partial charge is 0.550 e. The van der Waals surface area contributed by atoms with E-state index in [2.05, 4.69) is 0 Å². The second kappa shape index (κ2) is 8.89. The van der Waals surface area contributed by atoms with Crippen molar-refractivity contribution in [1.82, 2.24) is 4.90 Å². The molecule has 0 saturated heterocycles. The van der Waals surface area contributed by atoms with Gasteiger partial charge in [0.2, 0.25) is 0 Å². The van der Waals surface area contributed by atoms with Crippen LogP contribution in [-0.2, 0) is 37.2 Å². The first-order chi connectivity index (χ1) is 9.38. The van der Waals surface area contributed by atoms with Gasteiger partial charge in [0.15, 0.2) is 0 Å². The van der Waals surface area contributed by atoms with Crippen LogP contribution in [0, 0.1) is 0 Å². The quantitative estimate of drug-likeness (QED) is 0.453. The van der Waals surface area contributed by atoms with Crippen LogP contribution in [-0.4, -0.2) is 42.4 Å². The topological polar surface area (TPSA) is 86.7 Å². The van der Waals surface area contributed by atoms with Gasteiger partial charge in [0.1, 0.15) is 0 Å². The zero-order valence-electron chi connectivity index (χ0n) is 12.3. The van der Waals surface area contributed by atoms with Crippen molar-refractivity contribution in [2.24, 2.45) is 0 Å². The summed E-state index contributed by atoms with van der Waals surface area (Å²) >= 11 is 0. The van der Waals surface area contributed by atoms with Crippen molar-refractivity contribution in [2.75, 3.05) is 13.7 Å². The van der Waals surface area contributed by atoms with Crippen molar-refractivity contribution in [3.05, 3.63) is 35.4 Å². The van der Waals surface area contributed by atoms with E-state index in [9.17, 15) is 9.59 Å². The Hall–Kier alpha value is -1.27. The molecule has 1 aliphatic heterocycles. The Balaban J connectivity index is 0.000000715. The third kappa shape index (κ3) is 5.20. The van der Waals surface area contributed by atoms with E-state index >= 15 is 0 Å². The second-order valence-corrected chi connectivity index (χ2v) is 4.30. The van der Waals surface area contributed by atoms with E-state index in [0.29, 0.717) is 17.7 Å². The molecule has 0 bridgehead atoms. The average Bonchev–Trinajstić information content (AvgIpc) is 2.64. The molecule has 0 aromatic heterocycles. The number of imide groups is 1. The third-order valence-corrected chi connectivity index (χ3v) is 2.72. The minimum atomic E-state index is -1.08. The molecule has 6 nitrogen and oxygen atoms in total. The molecule has 21 heavy (non-hydrogen) atoms. The van der Waals surface area contributed by atoms with E-state index in [1.165, 1.54) is 4.90 Å². The van der Waals surface area contributed by atoms with Crippen LogP contribution < -0.4 is 5.11 Å². The van der Waals surface area contributed by atoms with Gasteiger partial charge in [-0.25, -0.2) is 0 Å². The maximum atomic E-state index is 11.9. The zero-order valence-corrected chi connectivity index (χ0v) is 17.8. The first kappa shape index (κ1) is 19.7. The van der Waals surface area contributed by atoms with Gasteiger partial charge in [0.05, 0.1) is 23.8 Å². The molecule has 0 aliphatic carbocycles. The van der Waals surface area contributed by atoms with Crippen LogP contribution in [0.1, 0.15) is 34.6 Å². The van der Waals surface area contributed by atoms with E-state index in [1.807, 2.05) is 6.92 Å². The number of rotatable bonds is 3. The first-order valence-corrected chi connectivity index (χ1v) is 6.04. The van der Waals surface area contributed by atoms with E-state index in [4.69, 9.17) is 14.6 Å². The monoisotopic (exact) mass is 480 g/mol. The summed E-state index contributed by atoms with van der Waals surface area (Å²) in [5.41, 5.74) is 0.964. The Labute approximate surface area is 143 Å². The molecule has 2 rings (SSSR count). The maximum Gasteiger partial charge on any atom is 1.00 e. The number of nitrogens with zero attached hydrogens (tertiary/aromatic N) is 1. The van der Waals surface area contributed by atoms with Gasteiger partial charge in [-0.1, -0.05) is 12.1 Å². The van der Waals surface area contributed by atoms with Gasteiger partial charge in [-0.15, -0.1) is 0 Å². The summed E-state index contributed by atoms with van der Waals surface area (Å²) in [7, 11) is 1.56. The molecular formula is C14H16HgNO5. The summed E-state index contributed by atoms with van der Waals surface area (Å²) in [6.45, 7) is 3.09. The van der Waals surface area contributed by atoms with Crippen molar-refractivity contribution in [3.63, 3.8) is 0 Å². The molecule has 1 aromatic carbocycles. The van der Waals surface area contributed by atoms with Crippen LogP contribution in [0.4, 0.5) is 0 Å². The summed E-state index contributed by atoms with van der Waals surface area (Å²) in [6.07, 6.45) is -0.151. The van der Waals surface area contributed by atoms with Crippen molar-refractivity contribution in [3.8, 4) is 0 Å². The van der Waals surface area contributed by atoms with Gasteiger partial charge in [0.25, 0.3) is 11.8 Å². The van der Waals surface area contributed by atoms with Crippen LogP contribution in [0.25, 0.3) is 0 Å². The van der Waals surface area contributed by atoms with Crippen LogP contribution in [0.2, 0.25) is 0 Å². The molecule has 7 heteroatoms. The van der Waals surface area contributed by atoms with Crippen molar-refractivity contribution in [2.45, 2.75) is 20.0 Å². The number of carbonyl (C=O) groups excluding carboxylic acids is 3. The SMILES string of the molecule is CC(=O)[O-].COC(C)CN1C(=O)c2ccccc2C1=O.[Hg+]. The number of carbonyl (C=O) groups is 3. The Morgan fingerprint density at radius 1 is 1.24 bits per heavy atom. The fraction of sp³-hybridized carbons (Fsp3) is 0.357. The fourth-order valence-electron chi connectivity index (χ4n) is 1.74. The zero-order chi connectivity index (χ0) is 15.3. The van der Waals surface area contributed by atoms with Crippen molar-refractivity contribution >= 4 is 17.8 Å². The number of carboxylic acids is 1. The van der Waals surface area contributed by atoms with Gasteiger partial charge < -0.3 is 14.6 Å². The van der Waals surface area contributed by atoms with Gasteiger partial charge in [-0.05, 0) is 26.0 Å². The number of ether oxygens (including phenoxy) is 1. The Bertz CT molecular complexity index is 493. The van der Waals surface area contributed by atoms with E-state index < -0.39 is 5.97 Å². The molecule has 0 fully saturated rings. The molecular weight excluding hydrogens is 463 g/mol. The van der Waals surface area contributed by atoms with E-state index in [0.717, 1.165) is 6.92 Å². The molecule has 109 valence electrons. The molecule has 0 saturated carbocycles. The number of benzene rings is 1. The standard InChI is InChI=1S/C12H13NO3.C2H4O2.Hg/c1-8(16-2)7-13-11(14)9-5-3-4-6-10(9)12(13)15;1-2(3)4;/h3-6,8H,7H2,1-2H3;1H3,(H,3,4);/q;;+1/p-1. The average molecular weight is 479 g/mol. The predicted molar refractivity (Wildman–Crippen MR) is 69.0 cm³/mol. The normalized spacial score (nSPS) is 13.8. The number of amides is 2. The fourth-order valence-corrected chi connectivity index (χ4v) is 1.74. The minimum Gasteiger partial charge on any atom is -0.550 e. The number of methoxy groups -OCH3 is 1. The summed E-state index contributed by atoms with van der Waals surface area (Å²) < 4.78 is 5.06. The summed E-state index contributed by atoms with van der Waals surface area (Å²) in [5.74, 6) is -1.55. The van der Waals surface area contributed by atoms with Crippen LogP contribution >= 0.6 is 0 Å². The van der Waals surface area contributed by atoms with Crippen LogP contribution in [0.5, 0.6) is 0 Å². The largest absolute Gasteiger partial charge is 1.00 e. The van der Waals surface area contributed by atoms with Crippen molar-refractivity contribution in [1.29, 1.82) is 0 Å². The van der Waals surface area contributed by atoms with E-state index in [1.54, 1.807) is 31.4 Å². The summed E-state index contributed by atoms with van der Waals surface area (Å²) in [6, 6.07) is 6.86. The molecule has 1 aromatic rings. The Kier molecular flexibility index (Phi) is 8.35. The minimum absolute atomic E-state index is 0. The molecule has 1 heterocycles. The first-order valence-electron chi connectivity index (χ1n) is 6.04. The summed E-state index contributed by atoms with van der Waals surface area (Å²) in [4.78, 5) is 33.9. The van der Waals surface area contributed by atoms with Crippen LogP contribution in [0.15, 0.2) is 24.3 Å². The molecule has 1 unspecified atom stereocenters. The molecule has 2 amide bonds. The number of aliphatic carboxylic acids is 1. The third-order valence-electron chi connectivity index (χ3n) is 2.72. The molecule has 1 radical (unpaired) electrons. The summed E-state index contributed by atoms with van der Waals surface area (Å²) in [5, 5.41) is 8.89. The number of carboxylic acid groups (broad SMARTS) is 1. The Morgan fingerprint density at radius 3 is 1.95 bits per heavy atom. The molecule has 0 spiro atoms. The van der Waals surface area contributed by atoms with E-state index in [-0.39, 0.29) is 45.6 Å². The van der Waals surface area contributed by atoms with Crippen molar-refractivity contribution < 1.29 is 51.9 Å².